The number of aryl methyl sites for hydroxylation is 1. The number of halogens is 3. The Kier molecular flexibility index (Phi) is 7.43. The summed E-state index contributed by atoms with van der Waals surface area (Å²) >= 11 is 0. The highest BCUT2D eigenvalue weighted by Crippen LogP contribution is 2.22. The van der Waals surface area contributed by atoms with Gasteiger partial charge in [-0.05, 0) is 57.5 Å². The molecule has 0 saturated carbocycles. The fraction of sp³-hybridized carbons (Fsp3) is 0.409. The van der Waals surface area contributed by atoms with E-state index >= 15 is 0 Å². The fourth-order valence-electron chi connectivity index (χ4n) is 2.74. The first-order valence-electron chi connectivity index (χ1n) is 9.58. The van der Waals surface area contributed by atoms with Gasteiger partial charge in [-0.2, -0.15) is 13.2 Å². The van der Waals surface area contributed by atoms with Crippen molar-refractivity contribution in [1.82, 2.24) is 10.3 Å². The van der Waals surface area contributed by atoms with Crippen molar-refractivity contribution in [3.8, 4) is 5.75 Å². The van der Waals surface area contributed by atoms with Crippen LogP contribution in [0.4, 0.5) is 13.2 Å². The van der Waals surface area contributed by atoms with Gasteiger partial charge >= 0.3 is 6.18 Å². The molecule has 6 nitrogen and oxygen atoms in total. The number of nitrogens with zero attached hydrogens (tertiary/aromatic N) is 1. The average molecular weight is 438 g/mol. The molecule has 2 N–H and O–H groups in total. The van der Waals surface area contributed by atoms with Crippen molar-refractivity contribution in [2.75, 3.05) is 6.61 Å². The van der Waals surface area contributed by atoms with Gasteiger partial charge in [0.25, 0.3) is 5.91 Å². The topological polar surface area (TPSA) is 88.5 Å². The molecule has 0 spiro atoms. The monoisotopic (exact) mass is 438 g/mol. The molecule has 2 rings (SSSR count). The fourth-order valence-corrected chi connectivity index (χ4v) is 2.74. The third-order valence-electron chi connectivity index (χ3n) is 4.40. The van der Waals surface area contributed by atoms with E-state index in [9.17, 15) is 27.9 Å². The molecule has 0 saturated heterocycles. The van der Waals surface area contributed by atoms with Gasteiger partial charge in [0, 0.05) is 17.0 Å². The lowest BCUT2D eigenvalue weighted by atomic mass is 9.98. The maximum Gasteiger partial charge on any atom is 0.422 e. The number of carbonyl (C=O) groups is 2. The van der Waals surface area contributed by atoms with Crippen LogP contribution in [-0.2, 0) is 11.2 Å². The van der Waals surface area contributed by atoms with Gasteiger partial charge in [-0.1, -0.05) is 12.1 Å². The van der Waals surface area contributed by atoms with Gasteiger partial charge in [-0.25, -0.2) is 0 Å². The van der Waals surface area contributed by atoms with E-state index in [0.29, 0.717) is 17.0 Å². The van der Waals surface area contributed by atoms with Crippen molar-refractivity contribution in [2.24, 2.45) is 0 Å². The number of amides is 1. The van der Waals surface area contributed by atoms with Gasteiger partial charge in [0.15, 0.2) is 12.4 Å². The molecule has 1 aromatic carbocycles. The Morgan fingerprint density at radius 2 is 1.87 bits per heavy atom. The second-order valence-electron chi connectivity index (χ2n) is 7.82. The van der Waals surface area contributed by atoms with Crippen LogP contribution in [0.3, 0.4) is 0 Å². The molecule has 1 amide bonds. The van der Waals surface area contributed by atoms with Crippen LogP contribution >= 0.6 is 0 Å². The van der Waals surface area contributed by atoms with E-state index < -0.39 is 36.1 Å². The highest BCUT2D eigenvalue weighted by Gasteiger charge is 2.28. The van der Waals surface area contributed by atoms with Crippen LogP contribution < -0.4 is 10.1 Å². The molecule has 0 bridgehead atoms. The Morgan fingerprint density at radius 1 is 1.19 bits per heavy atom. The van der Waals surface area contributed by atoms with Crippen LogP contribution in [0.25, 0.3) is 0 Å². The minimum atomic E-state index is -4.45. The first-order valence-corrected chi connectivity index (χ1v) is 9.58. The Hall–Kier alpha value is -2.94. The Morgan fingerprint density at radius 3 is 2.48 bits per heavy atom. The lowest BCUT2D eigenvalue weighted by molar-refractivity contribution is -0.153. The summed E-state index contributed by atoms with van der Waals surface area (Å²) in [5.41, 5.74) is 0.217. The number of hydrogen-bond donors (Lipinski definition) is 2. The predicted octanol–water partition coefficient (Wildman–Crippen LogP) is 3.70. The smallest absolute Gasteiger partial charge is 0.422 e. The van der Waals surface area contributed by atoms with Gasteiger partial charge in [-0.15, -0.1) is 0 Å². The Labute approximate surface area is 178 Å². The molecule has 1 heterocycles. The molecular formula is C22H25F3N2O4. The molecule has 0 radical (unpaired) electrons. The molecular weight excluding hydrogens is 413 g/mol. The second-order valence-corrected chi connectivity index (χ2v) is 7.82. The van der Waals surface area contributed by atoms with Gasteiger partial charge < -0.3 is 15.2 Å². The molecule has 0 fully saturated rings. The first-order chi connectivity index (χ1) is 14.2. The number of ketones is 1. The maximum absolute atomic E-state index is 12.7. The molecule has 31 heavy (non-hydrogen) atoms. The number of carbonyl (C=O) groups excluding carboxylic acids is 2. The largest absolute Gasteiger partial charge is 0.484 e. The van der Waals surface area contributed by atoms with Crippen LogP contribution in [0.1, 0.15) is 54.1 Å². The molecule has 2 aromatic rings. The van der Waals surface area contributed by atoms with E-state index in [1.807, 2.05) is 0 Å². The lowest BCUT2D eigenvalue weighted by Crippen LogP contribution is -2.33. The van der Waals surface area contributed by atoms with Crippen LogP contribution in [0, 0.1) is 6.92 Å². The number of aromatic nitrogens is 1. The Bertz CT molecular complexity index is 953. The van der Waals surface area contributed by atoms with Gasteiger partial charge in [0.2, 0.25) is 0 Å². The summed E-state index contributed by atoms with van der Waals surface area (Å²) in [5, 5.41) is 12.6. The quantitative estimate of drug-likeness (QED) is 0.656. The number of rotatable bonds is 8. The molecule has 9 heteroatoms. The van der Waals surface area contributed by atoms with Crippen molar-refractivity contribution in [1.29, 1.82) is 0 Å². The van der Waals surface area contributed by atoms with E-state index in [1.54, 1.807) is 32.0 Å². The third-order valence-corrected chi connectivity index (χ3v) is 4.40. The SMILES string of the molecule is Cc1cc(C(=O)NC(C)c2cccc(OCC(F)(F)F)c2)cc(CC(=O)C(C)(C)O)n1. The molecule has 0 aliphatic carbocycles. The highest BCUT2D eigenvalue weighted by molar-refractivity contribution is 5.95. The number of alkyl halides is 3. The van der Waals surface area contributed by atoms with Crippen molar-refractivity contribution in [2.45, 2.75) is 51.9 Å². The van der Waals surface area contributed by atoms with Gasteiger partial charge in [0.05, 0.1) is 12.5 Å². The normalized spacial score (nSPS) is 12.9. The molecule has 1 aromatic heterocycles. The number of ether oxygens (including phenoxy) is 1. The zero-order valence-electron chi connectivity index (χ0n) is 17.7. The van der Waals surface area contributed by atoms with E-state index in [4.69, 9.17) is 4.74 Å². The van der Waals surface area contributed by atoms with Gasteiger partial charge in [0.1, 0.15) is 11.4 Å². The Balaban J connectivity index is 2.12. The molecule has 1 unspecified atom stereocenters. The number of hydrogen-bond acceptors (Lipinski definition) is 5. The highest BCUT2D eigenvalue weighted by atomic mass is 19.4. The number of Topliss-reactive ketones (excluding diaryl/α,β-unsaturated/α-hetero) is 1. The number of nitrogens with one attached hydrogen (secondary N) is 1. The zero-order chi connectivity index (χ0) is 23.4. The molecule has 1 atom stereocenters. The zero-order valence-corrected chi connectivity index (χ0v) is 17.7. The standard InChI is InChI=1S/C22H25F3N2O4/c1-13-8-16(9-17(26-13)11-19(28)21(3,4)30)20(29)27-14(2)15-6-5-7-18(10-15)31-12-22(23,24)25/h5-10,14,30H,11-12H2,1-4H3,(H,27,29). The summed E-state index contributed by atoms with van der Waals surface area (Å²) in [6, 6.07) is 8.56. The predicted molar refractivity (Wildman–Crippen MR) is 108 cm³/mol. The molecule has 0 aliphatic heterocycles. The van der Waals surface area contributed by atoms with Crippen molar-refractivity contribution in [3.63, 3.8) is 0 Å². The van der Waals surface area contributed by atoms with Crippen molar-refractivity contribution in [3.05, 3.63) is 58.9 Å². The minimum Gasteiger partial charge on any atom is -0.484 e. The van der Waals surface area contributed by atoms with E-state index in [-0.39, 0.29) is 17.7 Å². The van der Waals surface area contributed by atoms with Crippen LogP contribution in [0.5, 0.6) is 5.75 Å². The first kappa shape index (κ1) is 24.3. The average Bonchev–Trinajstić information content (AvgIpc) is 2.64. The summed E-state index contributed by atoms with van der Waals surface area (Å²) in [6.45, 7) is 4.73. The van der Waals surface area contributed by atoms with E-state index in [1.165, 1.54) is 32.0 Å². The van der Waals surface area contributed by atoms with E-state index in [0.717, 1.165) is 0 Å². The summed E-state index contributed by atoms with van der Waals surface area (Å²) in [7, 11) is 0. The van der Waals surface area contributed by atoms with Gasteiger partial charge in [-0.3, -0.25) is 14.6 Å². The lowest BCUT2D eigenvalue weighted by Gasteiger charge is -2.17. The summed E-state index contributed by atoms with van der Waals surface area (Å²) in [6.07, 6.45) is -4.57. The van der Waals surface area contributed by atoms with E-state index in [2.05, 4.69) is 10.3 Å². The number of aliphatic hydroxyl groups is 1. The number of benzene rings is 1. The molecule has 0 aliphatic rings. The van der Waals surface area contributed by atoms with Crippen LogP contribution in [0.2, 0.25) is 0 Å². The van der Waals surface area contributed by atoms with Crippen LogP contribution in [-0.4, -0.2) is 40.2 Å². The summed E-state index contributed by atoms with van der Waals surface area (Å²) in [4.78, 5) is 29.0. The minimum absolute atomic E-state index is 0.0445. The maximum atomic E-state index is 12.7. The second kappa shape index (κ2) is 9.47. The third kappa shape index (κ3) is 7.67. The summed E-state index contributed by atoms with van der Waals surface area (Å²) in [5.74, 6) is -0.819. The molecule has 168 valence electrons. The van der Waals surface area contributed by atoms with Crippen molar-refractivity contribution >= 4 is 11.7 Å². The van der Waals surface area contributed by atoms with Crippen LogP contribution in [0.15, 0.2) is 36.4 Å². The number of pyridine rings is 1. The summed E-state index contributed by atoms with van der Waals surface area (Å²) < 4.78 is 41.8. The van der Waals surface area contributed by atoms with Crippen molar-refractivity contribution < 1.29 is 32.6 Å².